The van der Waals surface area contributed by atoms with Gasteiger partial charge in [-0.25, -0.2) is 4.79 Å². The van der Waals surface area contributed by atoms with Crippen LogP contribution in [0.2, 0.25) is 0 Å². The molecule has 4 amide bonds. The molecule has 1 atom stereocenters. The van der Waals surface area contributed by atoms with Crippen molar-refractivity contribution in [1.29, 1.82) is 0 Å². The van der Waals surface area contributed by atoms with E-state index < -0.39 is 42.0 Å². The molecular weight excluding hydrogens is 364 g/mol. The van der Waals surface area contributed by atoms with Gasteiger partial charge in [-0.05, 0) is 6.42 Å². The minimum absolute atomic E-state index is 0.0542. The van der Waals surface area contributed by atoms with E-state index in [9.17, 15) is 28.8 Å². The Hall–Kier alpha value is -3.24. The summed E-state index contributed by atoms with van der Waals surface area (Å²) in [6, 6.07) is 0. The average Bonchev–Trinajstić information content (AvgIpc) is 3.11. The molecule has 146 valence electrons. The second-order valence-electron chi connectivity index (χ2n) is 5.63. The molecule has 27 heavy (non-hydrogen) atoms. The number of nitrogens with zero attached hydrogens (tertiary/aromatic N) is 2. The summed E-state index contributed by atoms with van der Waals surface area (Å²) in [5.74, 6) is -2.94. The summed E-state index contributed by atoms with van der Waals surface area (Å²) in [4.78, 5) is 74.4. The van der Waals surface area contributed by atoms with E-state index in [2.05, 4.69) is 4.84 Å². The van der Waals surface area contributed by atoms with Crippen LogP contribution in [0.5, 0.6) is 0 Å². The maximum absolute atomic E-state index is 11.8. The summed E-state index contributed by atoms with van der Waals surface area (Å²) in [7, 11) is 0. The molecule has 0 N–H and O–H groups in total. The number of imide groups is 2. The van der Waals surface area contributed by atoms with Crippen molar-refractivity contribution in [2.45, 2.75) is 45.3 Å². The molecule has 0 aliphatic carbocycles. The zero-order chi connectivity index (χ0) is 20.0. The molecule has 1 fully saturated rings. The van der Waals surface area contributed by atoms with Crippen molar-refractivity contribution in [2.24, 2.45) is 0 Å². The third-order valence-electron chi connectivity index (χ3n) is 3.66. The molecule has 0 aromatic carbocycles. The first-order chi connectivity index (χ1) is 12.8. The van der Waals surface area contributed by atoms with Gasteiger partial charge in [-0.1, -0.05) is 12.0 Å². The Morgan fingerprint density at radius 3 is 2.19 bits per heavy atom. The fourth-order valence-corrected chi connectivity index (χ4v) is 2.29. The first-order valence-electron chi connectivity index (χ1n) is 8.29. The number of hydrogen-bond donors (Lipinski definition) is 0. The third-order valence-corrected chi connectivity index (χ3v) is 3.66. The van der Waals surface area contributed by atoms with Crippen molar-refractivity contribution in [3.63, 3.8) is 0 Å². The lowest BCUT2D eigenvalue weighted by atomic mass is 10.3. The van der Waals surface area contributed by atoms with Crippen molar-refractivity contribution in [3.05, 3.63) is 12.2 Å². The van der Waals surface area contributed by atoms with Gasteiger partial charge in [0, 0.05) is 44.4 Å². The zero-order valence-corrected chi connectivity index (χ0v) is 14.5. The Labute approximate surface area is 153 Å². The van der Waals surface area contributed by atoms with Gasteiger partial charge >= 0.3 is 12.1 Å². The molecule has 1 saturated heterocycles. The topological polar surface area (TPSA) is 137 Å². The number of ether oxygens (including phenoxy) is 2. The molecule has 0 radical (unpaired) electrons. The summed E-state index contributed by atoms with van der Waals surface area (Å²) in [5, 5.41) is 0.314. The van der Waals surface area contributed by atoms with E-state index in [0.717, 1.165) is 17.1 Å². The van der Waals surface area contributed by atoms with Gasteiger partial charge < -0.3 is 9.47 Å². The average molecular weight is 382 g/mol. The zero-order valence-electron chi connectivity index (χ0n) is 14.5. The highest BCUT2D eigenvalue weighted by Crippen LogP contribution is 2.14. The highest BCUT2D eigenvalue weighted by atomic mass is 16.9. The fourth-order valence-electron chi connectivity index (χ4n) is 2.29. The van der Waals surface area contributed by atoms with Crippen LogP contribution in [-0.4, -0.2) is 58.6 Å². The molecule has 11 heteroatoms. The van der Waals surface area contributed by atoms with Crippen LogP contribution in [0.1, 0.15) is 39.0 Å². The molecule has 0 saturated carbocycles. The largest absolute Gasteiger partial charge is 0.537 e. The molecule has 2 aliphatic rings. The van der Waals surface area contributed by atoms with Crippen LogP contribution < -0.4 is 0 Å². The van der Waals surface area contributed by atoms with Gasteiger partial charge in [0.2, 0.25) is 0 Å². The van der Waals surface area contributed by atoms with E-state index in [4.69, 9.17) is 9.47 Å². The van der Waals surface area contributed by atoms with Crippen LogP contribution in [-0.2, 0) is 38.3 Å². The first-order valence-corrected chi connectivity index (χ1v) is 8.29. The number of carbonyl (C=O) groups excluding carboxylic acids is 6. The van der Waals surface area contributed by atoms with Crippen molar-refractivity contribution in [1.82, 2.24) is 9.96 Å². The maximum Gasteiger partial charge on any atom is 0.537 e. The fraction of sp³-hybridized carbons (Fsp3) is 0.500. The van der Waals surface area contributed by atoms with Crippen molar-refractivity contribution >= 4 is 35.8 Å². The molecule has 0 spiro atoms. The van der Waals surface area contributed by atoms with Crippen LogP contribution >= 0.6 is 0 Å². The van der Waals surface area contributed by atoms with Crippen molar-refractivity contribution < 1.29 is 43.1 Å². The Kier molecular flexibility index (Phi) is 6.63. The minimum atomic E-state index is -1.35. The van der Waals surface area contributed by atoms with Crippen LogP contribution in [0, 0.1) is 0 Å². The molecule has 0 bridgehead atoms. The van der Waals surface area contributed by atoms with E-state index in [0.29, 0.717) is 5.06 Å². The Balaban J connectivity index is 1.71. The number of carbonyl (C=O) groups is 6. The normalized spacial score (nSPS) is 17.5. The predicted octanol–water partition coefficient (Wildman–Crippen LogP) is 0.188. The summed E-state index contributed by atoms with van der Waals surface area (Å²) in [6.45, 7) is 1.63. The molecule has 0 aromatic heterocycles. The monoisotopic (exact) mass is 382 g/mol. The SMILES string of the molecule is CCC(OC(=O)CCCN1C(=O)C=CC1=O)OC(=O)ON1C(=O)CCC1=O. The molecule has 11 nitrogen and oxygen atoms in total. The van der Waals surface area contributed by atoms with E-state index in [1.54, 1.807) is 6.92 Å². The Morgan fingerprint density at radius 1 is 1.04 bits per heavy atom. The predicted molar refractivity (Wildman–Crippen MR) is 83.9 cm³/mol. The lowest BCUT2D eigenvalue weighted by molar-refractivity contribution is -0.193. The Morgan fingerprint density at radius 2 is 1.63 bits per heavy atom. The second-order valence-corrected chi connectivity index (χ2v) is 5.63. The highest BCUT2D eigenvalue weighted by molar-refractivity contribution is 6.12. The van der Waals surface area contributed by atoms with Crippen LogP contribution in [0.4, 0.5) is 4.79 Å². The molecular formula is C16H18N2O9. The molecule has 2 heterocycles. The van der Waals surface area contributed by atoms with Crippen LogP contribution in [0.25, 0.3) is 0 Å². The molecule has 2 rings (SSSR count). The Bertz CT molecular complexity index is 666. The van der Waals surface area contributed by atoms with Gasteiger partial charge in [-0.15, -0.1) is 0 Å². The van der Waals surface area contributed by atoms with Gasteiger partial charge in [0.15, 0.2) is 0 Å². The van der Waals surface area contributed by atoms with Gasteiger partial charge in [-0.3, -0.25) is 33.7 Å². The summed E-state index contributed by atoms with van der Waals surface area (Å²) >= 11 is 0. The molecule has 1 unspecified atom stereocenters. The number of rotatable bonds is 8. The quantitative estimate of drug-likeness (QED) is 0.327. The minimum Gasteiger partial charge on any atom is -0.425 e. The van der Waals surface area contributed by atoms with Crippen LogP contribution in [0.15, 0.2) is 12.2 Å². The van der Waals surface area contributed by atoms with Crippen molar-refractivity contribution in [3.8, 4) is 0 Å². The molecule has 2 aliphatic heterocycles. The van der Waals surface area contributed by atoms with Crippen molar-refractivity contribution in [2.75, 3.05) is 6.54 Å². The van der Waals surface area contributed by atoms with E-state index in [1.807, 2.05) is 0 Å². The summed E-state index contributed by atoms with van der Waals surface area (Å²) in [5.41, 5.74) is 0. The van der Waals surface area contributed by atoms with E-state index in [-0.39, 0.29) is 38.6 Å². The van der Waals surface area contributed by atoms with E-state index in [1.165, 1.54) is 0 Å². The molecule has 0 aromatic rings. The van der Waals surface area contributed by atoms with Gasteiger partial charge in [0.1, 0.15) is 0 Å². The third kappa shape index (κ3) is 5.36. The smallest absolute Gasteiger partial charge is 0.425 e. The van der Waals surface area contributed by atoms with Gasteiger partial charge in [0.05, 0.1) is 0 Å². The number of hydrogen-bond acceptors (Lipinski definition) is 9. The first kappa shape index (κ1) is 20.1. The lowest BCUT2D eigenvalue weighted by Gasteiger charge is -2.18. The number of amides is 4. The lowest BCUT2D eigenvalue weighted by Crippen LogP contribution is -2.34. The van der Waals surface area contributed by atoms with Gasteiger partial charge in [0.25, 0.3) is 29.9 Å². The number of esters is 1. The summed E-state index contributed by atoms with van der Waals surface area (Å²) in [6.07, 6.45) is -0.287. The maximum atomic E-state index is 11.8. The standard InChI is InChI=1S/C16H18N2O9/c1-2-15(26-16(24)27-18-12(21)7-8-13(18)22)25-14(23)4-3-9-17-10(19)5-6-11(17)20/h5-6,15H,2-4,7-9H2,1H3. The number of hydroxylamine groups is 2. The summed E-state index contributed by atoms with van der Waals surface area (Å²) < 4.78 is 9.72. The van der Waals surface area contributed by atoms with Gasteiger partial charge in [-0.2, -0.15) is 0 Å². The van der Waals surface area contributed by atoms with E-state index >= 15 is 0 Å². The highest BCUT2D eigenvalue weighted by Gasteiger charge is 2.34. The second kappa shape index (κ2) is 8.92. The van der Waals surface area contributed by atoms with Crippen LogP contribution in [0.3, 0.4) is 0 Å².